The first-order valence-corrected chi connectivity index (χ1v) is 8.31. The third-order valence-corrected chi connectivity index (χ3v) is 3.57. The molecule has 2 rings (SSSR count). The van der Waals surface area contributed by atoms with Gasteiger partial charge in [-0.3, -0.25) is 0 Å². The number of benzene rings is 2. The fraction of sp³-hybridized carbons (Fsp3) is 0.278. The molecule has 4 nitrogen and oxygen atoms in total. The molecule has 0 fully saturated rings. The van der Waals surface area contributed by atoms with Crippen LogP contribution in [0.5, 0.6) is 17.2 Å². The van der Waals surface area contributed by atoms with E-state index in [1.807, 2.05) is 6.92 Å². The van der Waals surface area contributed by atoms with Crippen molar-refractivity contribution in [3.8, 4) is 17.2 Å². The summed E-state index contributed by atoms with van der Waals surface area (Å²) in [7, 11) is 0. The molecule has 0 aliphatic carbocycles. The van der Waals surface area contributed by atoms with E-state index in [0.29, 0.717) is 33.9 Å². The summed E-state index contributed by atoms with van der Waals surface area (Å²) in [4.78, 5) is 11.7. The van der Waals surface area contributed by atoms with Crippen LogP contribution < -0.4 is 9.47 Å². The van der Waals surface area contributed by atoms with Crippen LogP contribution in [0.2, 0.25) is 10.0 Å². The van der Waals surface area contributed by atoms with E-state index in [1.54, 1.807) is 49.4 Å². The van der Waals surface area contributed by atoms with Crippen LogP contribution in [0.3, 0.4) is 0 Å². The van der Waals surface area contributed by atoms with Crippen molar-refractivity contribution in [2.24, 2.45) is 0 Å². The molecule has 2 aromatic rings. The van der Waals surface area contributed by atoms with E-state index in [1.165, 1.54) is 0 Å². The van der Waals surface area contributed by atoms with E-state index in [0.717, 1.165) is 6.42 Å². The predicted molar refractivity (Wildman–Crippen MR) is 94.3 cm³/mol. The van der Waals surface area contributed by atoms with Gasteiger partial charge in [0.2, 0.25) is 0 Å². The van der Waals surface area contributed by atoms with E-state index in [4.69, 9.17) is 37.4 Å². The van der Waals surface area contributed by atoms with Crippen molar-refractivity contribution >= 4 is 29.2 Å². The van der Waals surface area contributed by atoms with Crippen molar-refractivity contribution in [3.63, 3.8) is 0 Å². The van der Waals surface area contributed by atoms with Crippen molar-refractivity contribution in [2.45, 2.75) is 26.4 Å². The summed E-state index contributed by atoms with van der Waals surface area (Å²) in [5.74, 6) is 1.26. The van der Waals surface area contributed by atoms with Gasteiger partial charge >= 0.3 is 5.97 Å². The maximum absolute atomic E-state index is 11.7. The largest absolute Gasteiger partial charge is 0.479 e. The number of carbonyl (C=O) groups excluding carboxylic acids is 1. The van der Waals surface area contributed by atoms with Gasteiger partial charge in [0.05, 0.1) is 11.6 Å². The number of rotatable bonds is 7. The van der Waals surface area contributed by atoms with Crippen LogP contribution in [-0.4, -0.2) is 18.7 Å². The number of carbonyl (C=O) groups is 1. The molecule has 0 bridgehead atoms. The van der Waals surface area contributed by atoms with Crippen LogP contribution in [0.4, 0.5) is 0 Å². The average molecular weight is 369 g/mol. The molecule has 128 valence electrons. The number of esters is 1. The van der Waals surface area contributed by atoms with Crippen molar-refractivity contribution in [1.29, 1.82) is 0 Å². The Morgan fingerprint density at radius 2 is 1.75 bits per heavy atom. The van der Waals surface area contributed by atoms with Gasteiger partial charge in [-0.1, -0.05) is 30.1 Å². The van der Waals surface area contributed by atoms with Gasteiger partial charge in [-0.25, -0.2) is 4.79 Å². The Kier molecular flexibility index (Phi) is 6.76. The van der Waals surface area contributed by atoms with E-state index in [-0.39, 0.29) is 5.97 Å². The summed E-state index contributed by atoms with van der Waals surface area (Å²) in [5.41, 5.74) is 0. The Morgan fingerprint density at radius 3 is 2.38 bits per heavy atom. The first-order chi connectivity index (χ1) is 11.5. The molecule has 0 amide bonds. The van der Waals surface area contributed by atoms with Crippen LogP contribution in [0.15, 0.2) is 42.5 Å². The minimum atomic E-state index is -0.672. The second-order valence-corrected chi connectivity index (χ2v) is 5.92. The van der Waals surface area contributed by atoms with Gasteiger partial charge in [-0.15, -0.1) is 0 Å². The third-order valence-electron chi connectivity index (χ3n) is 3.04. The average Bonchev–Trinajstić information content (AvgIpc) is 2.56. The van der Waals surface area contributed by atoms with Gasteiger partial charge in [-0.05, 0) is 55.8 Å². The van der Waals surface area contributed by atoms with E-state index >= 15 is 0 Å². The molecule has 0 aliphatic heterocycles. The summed E-state index contributed by atoms with van der Waals surface area (Å²) in [6.45, 7) is 3.97. The van der Waals surface area contributed by atoms with Crippen LogP contribution in [-0.2, 0) is 9.53 Å². The highest BCUT2D eigenvalue weighted by atomic mass is 35.5. The van der Waals surface area contributed by atoms with Crippen molar-refractivity contribution in [3.05, 3.63) is 52.5 Å². The van der Waals surface area contributed by atoms with E-state index < -0.39 is 6.10 Å². The minimum Gasteiger partial charge on any atom is -0.479 e. The molecule has 0 heterocycles. The molecule has 1 unspecified atom stereocenters. The van der Waals surface area contributed by atoms with Crippen molar-refractivity contribution in [1.82, 2.24) is 0 Å². The lowest BCUT2D eigenvalue weighted by Gasteiger charge is -2.14. The summed E-state index contributed by atoms with van der Waals surface area (Å²) < 4.78 is 16.3. The summed E-state index contributed by atoms with van der Waals surface area (Å²) in [5, 5.41) is 0.968. The fourth-order valence-corrected chi connectivity index (χ4v) is 2.29. The fourth-order valence-electron chi connectivity index (χ4n) is 1.84. The molecule has 0 spiro atoms. The number of hydrogen-bond donors (Lipinski definition) is 0. The molecule has 0 radical (unpaired) electrons. The molecule has 2 aromatic carbocycles. The Hall–Kier alpha value is -1.91. The van der Waals surface area contributed by atoms with Crippen molar-refractivity contribution in [2.75, 3.05) is 6.61 Å². The maximum Gasteiger partial charge on any atom is 0.347 e. The summed E-state index contributed by atoms with van der Waals surface area (Å²) in [6, 6.07) is 11.9. The molecule has 6 heteroatoms. The lowest BCUT2D eigenvalue weighted by molar-refractivity contribution is -0.151. The normalized spacial score (nSPS) is 11.7. The van der Waals surface area contributed by atoms with E-state index in [2.05, 4.69) is 0 Å². The second kappa shape index (κ2) is 8.81. The zero-order valence-corrected chi connectivity index (χ0v) is 14.9. The molecular formula is C18H18Cl2O4. The van der Waals surface area contributed by atoms with Gasteiger partial charge in [0.1, 0.15) is 17.2 Å². The molecule has 0 saturated carbocycles. The lowest BCUT2D eigenvalue weighted by Crippen LogP contribution is -2.26. The van der Waals surface area contributed by atoms with Crippen LogP contribution in [0.25, 0.3) is 0 Å². The zero-order valence-electron chi connectivity index (χ0n) is 13.4. The molecule has 0 saturated heterocycles. The number of hydrogen-bond acceptors (Lipinski definition) is 4. The highest BCUT2D eigenvalue weighted by Crippen LogP contribution is 2.32. The first kappa shape index (κ1) is 18.4. The van der Waals surface area contributed by atoms with Crippen LogP contribution in [0.1, 0.15) is 20.3 Å². The number of halogens is 2. The molecule has 24 heavy (non-hydrogen) atoms. The Labute approximate surface area is 151 Å². The quantitative estimate of drug-likeness (QED) is 0.604. The SMILES string of the molecule is CCCOC(=O)C(C)Oc1ccc(Oc2ccc(Cl)cc2Cl)cc1. The predicted octanol–water partition coefficient (Wildman–Crippen LogP) is 5.51. The second-order valence-electron chi connectivity index (χ2n) is 5.08. The standard InChI is InChI=1S/C18H18Cl2O4/c1-3-10-22-18(21)12(2)23-14-5-7-15(8-6-14)24-17-9-4-13(19)11-16(17)20/h4-9,11-12H,3,10H2,1-2H3. The van der Waals surface area contributed by atoms with Gasteiger partial charge in [-0.2, -0.15) is 0 Å². The first-order valence-electron chi connectivity index (χ1n) is 7.56. The Bertz CT molecular complexity index is 686. The van der Waals surface area contributed by atoms with Gasteiger partial charge in [0, 0.05) is 5.02 Å². The van der Waals surface area contributed by atoms with Crippen LogP contribution in [0, 0.1) is 0 Å². The highest BCUT2D eigenvalue weighted by Gasteiger charge is 2.16. The molecule has 0 N–H and O–H groups in total. The van der Waals surface area contributed by atoms with E-state index in [9.17, 15) is 4.79 Å². The zero-order chi connectivity index (χ0) is 17.5. The topological polar surface area (TPSA) is 44.8 Å². The third kappa shape index (κ3) is 5.32. The summed E-state index contributed by atoms with van der Waals surface area (Å²) in [6.07, 6.45) is 0.103. The smallest absolute Gasteiger partial charge is 0.347 e. The van der Waals surface area contributed by atoms with Gasteiger partial charge in [0.15, 0.2) is 6.10 Å². The van der Waals surface area contributed by atoms with Gasteiger partial charge < -0.3 is 14.2 Å². The monoisotopic (exact) mass is 368 g/mol. The summed E-state index contributed by atoms with van der Waals surface area (Å²) >= 11 is 11.9. The number of ether oxygens (including phenoxy) is 3. The highest BCUT2D eigenvalue weighted by molar-refractivity contribution is 6.35. The minimum absolute atomic E-state index is 0.384. The van der Waals surface area contributed by atoms with Crippen molar-refractivity contribution < 1.29 is 19.0 Å². The molecular weight excluding hydrogens is 351 g/mol. The van der Waals surface area contributed by atoms with Crippen LogP contribution >= 0.6 is 23.2 Å². The molecule has 0 aliphatic rings. The molecule has 1 atom stereocenters. The maximum atomic E-state index is 11.7. The Morgan fingerprint density at radius 1 is 1.08 bits per heavy atom. The Balaban J connectivity index is 1.96. The van der Waals surface area contributed by atoms with Gasteiger partial charge in [0.25, 0.3) is 0 Å². The molecule has 0 aromatic heterocycles. The lowest BCUT2D eigenvalue weighted by atomic mass is 10.3.